The number of nitrogen functional groups attached to an aromatic ring is 1. The fourth-order valence-corrected chi connectivity index (χ4v) is 4.02. The van der Waals surface area contributed by atoms with E-state index in [4.69, 9.17) is 22.7 Å². The molecule has 0 atom stereocenters. The van der Waals surface area contributed by atoms with E-state index < -0.39 is 0 Å². The van der Waals surface area contributed by atoms with E-state index in [2.05, 4.69) is 5.32 Å². The third-order valence-electron chi connectivity index (χ3n) is 4.09. The number of para-hydroxylation sites is 2. The van der Waals surface area contributed by atoms with Gasteiger partial charge in [0.1, 0.15) is 16.4 Å². The summed E-state index contributed by atoms with van der Waals surface area (Å²) in [6.45, 7) is 6.41. The van der Waals surface area contributed by atoms with Gasteiger partial charge >= 0.3 is 0 Å². The summed E-state index contributed by atoms with van der Waals surface area (Å²) in [5.41, 5.74) is 9.94. The van der Waals surface area contributed by atoms with Gasteiger partial charge in [-0.25, -0.2) is 0 Å². The maximum Gasteiger partial charge on any atom is 0.269 e. The van der Waals surface area contributed by atoms with Crippen molar-refractivity contribution in [3.63, 3.8) is 0 Å². The number of aromatic nitrogens is 1. The maximum atomic E-state index is 12.8. The molecule has 7 heteroatoms. The molecule has 0 aliphatic heterocycles. The van der Waals surface area contributed by atoms with Crippen molar-refractivity contribution in [3.8, 4) is 11.4 Å². The highest BCUT2D eigenvalue weighted by Crippen LogP contribution is 2.30. The number of nitrogens with one attached hydrogen (secondary N) is 1. The van der Waals surface area contributed by atoms with Crippen molar-refractivity contribution in [1.29, 1.82) is 0 Å². The second-order valence-corrected chi connectivity index (χ2v) is 7.74. The summed E-state index contributed by atoms with van der Waals surface area (Å²) in [6.07, 6.45) is 0. The minimum Gasteiger partial charge on any atom is -0.492 e. The minimum absolute atomic E-state index is 0.306. The first-order valence-electron chi connectivity index (χ1n) is 8.54. The van der Waals surface area contributed by atoms with Crippen molar-refractivity contribution in [3.05, 3.63) is 62.4 Å². The summed E-state index contributed by atoms with van der Waals surface area (Å²) < 4.78 is 7.85. The number of anilines is 2. The zero-order valence-corrected chi connectivity index (χ0v) is 17.0. The molecule has 3 rings (SSSR count). The molecule has 0 radical (unpaired) electrons. The van der Waals surface area contributed by atoms with E-state index in [0.717, 1.165) is 16.8 Å². The Labute approximate surface area is 167 Å². The highest BCUT2D eigenvalue weighted by atomic mass is 32.1. The fourth-order valence-electron chi connectivity index (χ4n) is 2.77. The van der Waals surface area contributed by atoms with Crippen LogP contribution in [0.1, 0.15) is 27.7 Å². The van der Waals surface area contributed by atoms with E-state index in [9.17, 15) is 4.79 Å². The topological polar surface area (TPSA) is 69.3 Å². The zero-order valence-electron chi connectivity index (χ0n) is 15.4. The molecule has 1 heterocycles. The van der Waals surface area contributed by atoms with Crippen LogP contribution in [0, 0.1) is 17.8 Å². The molecular weight excluding hydrogens is 378 g/mol. The van der Waals surface area contributed by atoms with Crippen molar-refractivity contribution in [2.75, 3.05) is 17.7 Å². The van der Waals surface area contributed by atoms with E-state index in [0.29, 0.717) is 32.7 Å². The number of hydrogen-bond acceptors (Lipinski definition) is 5. The largest absolute Gasteiger partial charge is 0.492 e. The van der Waals surface area contributed by atoms with Gasteiger partial charge in [0, 0.05) is 0 Å². The second-order valence-electron chi connectivity index (χ2n) is 6.09. The number of carbonyl (C=O) groups excluding carboxylic acids is 1. The van der Waals surface area contributed by atoms with Crippen LogP contribution >= 0.6 is 23.6 Å². The number of nitrogens with zero attached hydrogens (tertiary/aromatic N) is 1. The van der Waals surface area contributed by atoms with Crippen molar-refractivity contribution in [2.45, 2.75) is 20.8 Å². The molecule has 0 spiro atoms. The normalized spacial score (nSPS) is 10.6. The summed E-state index contributed by atoms with van der Waals surface area (Å²) in [7, 11) is 0. The predicted molar refractivity (Wildman–Crippen MR) is 114 cm³/mol. The van der Waals surface area contributed by atoms with Crippen molar-refractivity contribution in [1.82, 2.24) is 4.57 Å². The number of ether oxygens (including phenoxy) is 1. The monoisotopic (exact) mass is 399 g/mol. The van der Waals surface area contributed by atoms with Gasteiger partial charge in [0.25, 0.3) is 5.91 Å². The van der Waals surface area contributed by atoms with Crippen molar-refractivity contribution in [2.24, 2.45) is 0 Å². The Bertz CT molecular complexity index is 1050. The van der Waals surface area contributed by atoms with Crippen LogP contribution in [0.4, 0.5) is 11.5 Å². The zero-order chi connectivity index (χ0) is 19.6. The van der Waals surface area contributed by atoms with Gasteiger partial charge in [-0.3, -0.25) is 9.36 Å². The lowest BCUT2D eigenvalue weighted by molar-refractivity contribution is 0.103. The van der Waals surface area contributed by atoms with Crippen LogP contribution in [0.25, 0.3) is 5.69 Å². The number of hydrogen-bond donors (Lipinski definition) is 2. The van der Waals surface area contributed by atoms with Crippen LogP contribution in [0.3, 0.4) is 0 Å². The Balaban J connectivity index is 1.99. The molecular formula is C20H21N3O2S2. The van der Waals surface area contributed by atoms with Gasteiger partial charge < -0.3 is 15.8 Å². The average Bonchev–Trinajstić information content (AvgIpc) is 2.93. The average molecular weight is 400 g/mol. The molecule has 0 saturated carbocycles. The lowest BCUT2D eigenvalue weighted by Crippen LogP contribution is -2.14. The van der Waals surface area contributed by atoms with E-state index in [1.165, 1.54) is 11.3 Å². The summed E-state index contributed by atoms with van der Waals surface area (Å²) in [4.78, 5) is 13.2. The van der Waals surface area contributed by atoms with Gasteiger partial charge in [0.15, 0.2) is 3.95 Å². The van der Waals surface area contributed by atoms with Gasteiger partial charge in [-0.15, -0.1) is 0 Å². The predicted octanol–water partition coefficient (Wildman–Crippen LogP) is 5.12. The Kier molecular flexibility index (Phi) is 5.62. The number of nitrogens with two attached hydrogens (primary N) is 1. The minimum atomic E-state index is -0.306. The first-order valence-corrected chi connectivity index (χ1v) is 9.77. The number of aryl methyl sites for hydroxylation is 2. The van der Waals surface area contributed by atoms with Crippen LogP contribution in [-0.2, 0) is 0 Å². The highest BCUT2D eigenvalue weighted by molar-refractivity contribution is 7.73. The summed E-state index contributed by atoms with van der Waals surface area (Å²) >= 11 is 6.69. The van der Waals surface area contributed by atoms with Gasteiger partial charge in [-0.05, 0) is 62.3 Å². The van der Waals surface area contributed by atoms with Crippen molar-refractivity contribution < 1.29 is 9.53 Å². The first kappa shape index (κ1) is 19.1. The third-order valence-corrected chi connectivity index (χ3v) is 5.48. The van der Waals surface area contributed by atoms with Crippen LogP contribution in [0.5, 0.6) is 5.75 Å². The molecule has 0 saturated heterocycles. The molecule has 3 aromatic rings. The lowest BCUT2D eigenvalue weighted by Gasteiger charge is -2.12. The molecule has 0 aliphatic rings. The molecule has 140 valence electrons. The maximum absolute atomic E-state index is 12.8. The van der Waals surface area contributed by atoms with Crippen LogP contribution in [0.2, 0.25) is 0 Å². The number of benzene rings is 2. The highest BCUT2D eigenvalue weighted by Gasteiger charge is 2.20. The smallest absolute Gasteiger partial charge is 0.269 e. The number of carbonyl (C=O) groups is 1. The van der Waals surface area contributed by atoms with Gasteiger partial charge in [0.2, 0.25) is 0 Å². The Morgan fingerprint density at radius 3 is 2.74 bits per heavy atom. The van der Waals surface area contributed by atoms with Gasteiger partial charge in [-0.1, -0.05) is 35.6 Å². The van der Waals surface area contributed by atoms with E-state index in [1.807, 2.05) is 57.2 Å². The Morgan fingerprint density at radius 2 is 2.00 bits per heavy atom. The van der Waals surface area contributed by atoms with Crippen LogP contribution in [0.15, 0.2) is 42.5 Å². The number of thiazole rings is 1. The summed E-state index contributed by atoms with van der Waals surface area (Å²) in [5, 5.41) is 2.88. The molecule has 1 amide bonds. The molecule has 5 nitrogen and oxygen atoms in total. The van der Waals surface area contributed by atoms with Crippen LogP contribution < -0.4 is 15.8 Å². The molecule has 0 bridgehead atoms. The first-order chi connectivity index (χ1) is 12.9. The van der Waals surface area contributed by atoms with Crippen LogP contribution in [-0.4, -0.2) is 17.1 Å². The quantitative estimate of drug-likeness (QED) is 0.584. The molecule has 0 fully saturated rings. The Hall–Kier alpha value is -2.64. The Morgan fingerprint density at radius 1 is 1.26 bits per heavy atom. The summed E-state index contributed by atoms with van der Waals surface area (Å²) in [6, 6.07) is 13.4. The van der Waals surface area contributed by atoms with E-state index in [-0.39, 0.29) is 5.91 Å². The van der Waals surface area contributed by atoms with E-state index in [1.54, 1.807) is 10.6 Å². The number of amides is 1. The molecule has 1 aromatic heterocycles. The number of rotatable bonds is 5. The van der Waals surface area contributed by atoms with Gasteiger partial charge in [0.05, 0.1) is 18.0 Å². The lowest BCUT2D eigenvalue weighted by atomic mass is 10.1. The van der Waals surface area contributed by atoms with Crippen molar-refractivity contribution >= 4 is 41.0 Å². The summed E-state index contributed by atoms with van der Waals surface area (Å²) in [5.74, 6) is 0.648. The SMILES string of the molecule is CCOc1ccccc1NC(=O)c1sc(=S)n(-c2cc(C)ccc2C)c1N. The fraction of sp³-hybridized carbons (Fsp3) is 0.200. The molecule has 3 N–H and O–H groups in total. The standard InChI is InChI=1S/C20H21N3O2S2/c1-4-25-16-8-6-5-7-14(16)22-19(24)17-18(21)23(20(26)27-17)15-11-12(2)9-10-13(15)3/h5-11H,4,21H2,1-3H3,(H,22,24). The molecule has 0 aliphatic carbocycles. The molecule has 2 aromatic carbocycles. The molecule has 0 unspecified atom stereocenters. The third kappa shape index (κ3) is 3.89. The second kappa shape index (κ2) is 7.94. The molecule has 27 heavy (non-hydrogen) atoms. The van der Waals surface area contributed by atoms with E-state index >= 15 is 0 Å². The van der Waals surface area contributed by atoms with Gasteiger partial charge in [-0.2, -0.15) is 0 Å².